The Hall–Kier alpha value is -1.36. The minimum atomic E-state index is 0.190. The summed E-state index contributed by atoms with van der Waals surface area (Å²) in [6, 6.07) is 3.72. The summed E-state index contributed by atoms with van der Waals surface area (Å²) in [7, 11) is 1.85. The van der Waals surface area contributed by atoms with Crippen LogP contribution in [0.3, 0.4) is 0 Å². The molecule has 0 aliphatic rings. The molecule has 2 rings (SSSR count). The second kappa shape index (κ2) is 5.52. The molecule has 0 aromatic carbocycles. The number of aromatic nitrogens is 2. The van der Waals surface area contributed by atoms with E-state index in [1.165, 1.54) is 0 Å². The van der Waals surface area contributed by atoms with Crippen LogP contribution in [0.4, 0.5) is 0 Å². The number of ketones is 1. The lowest BCUT2D eigenvalue weighted by molar-refractivity contribution is -0.118. The summed E-state index contributed by atoms with van der Waals surface area (Å²) < 4.78 is 7.89. The van der Waals surface area contributed by atoms with E-state index in [9.17, 15) is 4.79 Å². The largest absolute Gasteiger partial charge is 0.469 e. The molecule has 2 aromatic heterocycles. The highest BCUT2D eigenvalue weighted by Crippen LogP contribution is 2.21. The molecule has 4 nitrogen and oxygen atoms in total. The monoisotopic (exact) mass is 310 g/mol. The minimum Gasteiger partial charge on any atom is -0.469 e. The van der Waals surface area contributed by atoms with Crippen LogP contribution in [-0.4, -0.2) is 15.6 Å². The smallest absolute Gasteiger partial charge is 0.139 e. The molecule has 0 unspecified atom stereocenters. The maximum Gasteiger partial charge on any atom is 0.139 e. The van der Waals surface area contributed by atoms with E-state index in [-0.39, 0.29) is 5.78 Å². The van der Waals surface area contributed by atoms with Gasteiger partial charge in [-0.05, 0) is 35.0 Å². The third-order valence-electron chi connectivity index (χ3n) is 2.86. The molecule has 0 atom stereocenters. The zero-order valence-corrected chi connectivity index (χ0v) is 12.0. The molecule has 0 radical (unpaired) electrons. The Bertz CT molecular complexity index is 544. The highest BCUT2D eigenvalue weighted by molar-refractivity contribution is 9.10. The van der Waals surface area contributed by atoms with Gasteiger partial charge >= 0.3 is 0 Å². The number of carbonyl (C=O) groups excluding carboxylic acids is 1. The highest BCUT2D eigenvalue weighted by atomic mass is 79.9. The van der Waals surface area contributed by atoms with Crippen LogP contribution in [0.5, 0.6) is 0 Å². The molecule has 0 aliphatic heterocycles. The van der Waals surface area contributed by atoms with Crippen molar-refractivity contribution in [3.8, 4) is 0 Å². The molecule has 0 aliphatic carbocycles. The van der Waals surface area contributed by atoms with Crippen LogP contribution < -0.4 is 0 Å². The molecule has 2 heterocycles. The van der Waals surface area contributed by atoms with Crippen LogP contribution in [-0.2, 0) is 24.7 Å². The van der Waals surface area contributed by atoms with Crippen LogP contribution in [0.25, 0.3) is 0 Å². The van der Waals surface area contributed by atoms with Gasteiger partial charge in [0.05, 0.1) is 22.1 Å². The van der Waals surface area contributed by atoms with E-state index in [2.05, 4.69) is 21.0 Å². The van der Waals surface area contributed by atoms with Crippen molar-refractivity contribution in [1.82, 2.24) is 9.78 Å². The van der Waals surface area contributed by atoms with Gasteiger partial charge in [-0.15, -0.1) is 0 Å². The van der Waals surface area contributed by atoms with Crippen molar-refractivity contribution in [2.24, 2.45) is 7.05 Å². The Kier molecular flexibility index (Phi) is 4.01. The summed E-state index contributed by atoms with van der Waals surface area (Å²) in [6.45, 7) is 1.92. The number of hydrogen-bond donors (Lipinski definition) is 0. The summed E-state index contributed by atoms with van der Waals surface area (Å²) in [5.41, 5.74) is 1.84. The summed E-state index contributed by atoms with van der Waals surface area (Å²) in [4.78, 5) is 11.9. The lowest BCUT2D eigenvalue weighted by Gasteiger charge is -2.02. The quantitative estimate of drug-likeness (QED) is 0.853. The Labute approximate surface area is 114 Å². The third-order valence-corrected chi connectivity index (χ3v) is 3.89. The van der Waals surface area contributed by atoms with Crippen LogP contribution in [0.2, 0.25) is 0 Å². The Morgan fingerprint density at radius 2 is 2.33 bits per heavy atom. The van der Waals surface area contributed by atoms with E-state index in [4.69, 9.17) is 4.42 Å². The number of rotatable bonds is 5. The number of furan rings is 1. The fraction of sp³-hybridized carbons (Fsp3) is 0.385. The number of hydrogen-bond acceptors (Lipinski definition) is 3. The number of halogens is 1. The van der Waals surface area contributed by atoms with Crippen molar-refractivity contribution < 1.29 is 9.21 Å². The van der Waals surface area contributed by atoms with Gasteiger partial charge in [0.15, 0.2) is 0 Å². The zero-order chi connectivity index (χ0) is 13.1. The van der Waals surface area contributed by atoms with Gasteiger partial charge < -0.3 is 4.42 Å². The number of carbonyl (C=O) groups is 1. The van der Waals surface area contributed by atoms with E-state index in [0.29, 0.717) is 19.3 Å². The van der Waals surface area contributed by atoms with Gasteiger partial charge in [-0.25, -0.2) is 0 Å². The van der Waals surface area contributed by atoms with Crippen molar-refractivity contribution in [1.29, 1.82) is 0 Å². The van der Waals surface area contributed by atoms with Gasteiger partial charge in [-0.3, -0.25) is 9.48 Å². The SMILES string of the molecule is Cc1nn(C)c(CC(=O)CCc2ccco2)c1Br. The zero-order valence-electron chi connectivity index (χ0n) is 10.4. The van der Waals surface area contributed by atoms with E-state index in [1.807, 2.05) is 26.1 Å². The van der Waals surface area contributed by atoms with Gasteiger partial charge in [-0.1, -0.05) is 0 Å². The number of Topliss-reactive ketones (excluding diaryl/α,β-unsaturated/α-hetero) is 1. The first-order valence-electron chi connectivity index (χ1n) is 5.80. The minimum absolute atomic E-state index is 0.190. The molecule has 2 aromatic rings. The molecule has 0 spiro atoms. The van der Waals surface area contributed by atoms with E-state index in [1.54, 1.807) is 10.9 Å². The molecule has 0 N–H and O–H groups in total. The molecule has 96 valence electrons. The molecular formula is C13H15BrN2O2. The molecule has 0 amide bonds. The second-order valence-electron chi connectivity index (χ2n) is 4.26. The van der Waals surface area contributed by atoms with Crippen molar-refractivity contribution in [3.63, 3.8) is 0 Å². The second-order valence-corrected chi connectivity index (χ2v) is 5.06. The fourth-order valence-electron chi connectivity index (χ4n) is 1.86. The first kappa shape index (κ1) is 13.1. The number of nitrogens with zero attached hydrogens (tertiary/aromatic N) is 2. The Balaban J connectivity index is 1.95. The molecule has 0 saturated heterocycles. The van der Waals surface area contributed by atoms with Crippen molar-refractivity contribution in [3.05, 3.63) is 40.0 Å². The first-order valence-corrected chi connectivity index (χ1v) is 6.59. The van der Waals surface area contributed by atoms with Crippen LogP contribution in [0, 0.1) is 6.92 Å². The first-order chi connectivity index (χ1) is 8.58. The normalized spacial score (nSPS) is 10.8. The van der Waals surface area contributed by atoms with Gasteiger partial charge in [-0.2, -0.15) is 5.10 Å². The van der Waals surface area contributed by atoms with Crippen molar-refractivity contribution in [2.75, 3.05) is 0 Å². The van der Waals surface area contributed by atoms with Crippen LogP contribution in [0.1, 0.15) is 23.6 Å². The highest BCUT2D eigenvalue weighted by Gasteiger charge is 2.14. The van der Waals surface area contributed by atoms with Gasteiger partial charge in [0.2, 0.25) is 0 Å². The maximum atomic E-state index is 11.9. The molecular weight excluding hydrogens is 296 g/mol. The van der Waals surface area contributed by atoms with Gasteiger partial charge in [0, 0.05) is 26.3 Å². The van der Waals surface area contributed by atoms with Gasteiger partial charge in [0.25, 0.3) is 0 Å². The Morgan fingerprint density at radius 1 is 1.56 bits per heavy atom. The number of aryl methyl sites for hydroxylation is 3. The van der Waals surface area contributed by atoms with Crippen LogP contribution in [0.15, 0.2) is 27.3 Å². The van der Waals surface area contributed by atoms with Crippen molar-refractivity contribution >= 4 is 21.7 Å². The lowest BCUT2D eigenvalue weighted by Crippen LogP contribution is -2.08. The standard InChI is InChI=1S/C13H15BrN2O2/c1-9-13(14)12(16(2)15-9)8-10(17)5-6-11-4-3-7-18-11/h3-4,7H,5-6,8H2,1-2H3. The average Bonchev–Trinajstić information content (AvgIpc) is 2.92. The van der Waals surface area contributed by atoms with Crippen LogP contribution >= 0.6 is 15.9 Å². The summed E-state index contributed by atoms with van der Waals surface area (Å²) >= 11 is 3.47. The molecule has 0 bridgehead atoms. The van der Waals surface area contributed by atoms with E-state index in [0.717, 1.165) is 21.6 Å². The summed E-state index contributed by atoms with van der Waals surface area (Å²) in [6.07, 6.45) is 3.17. The molecule has 5 heteroatoms. The van der Waals surface area contributed by atoms with E-state index >= 15 is 0 Å². The van der Waals surface area contributed by atoms with Gasteiger partial charge in [0.1, 0.15) is 11.5 Å². The molecule has 0 saturated carbocycles. The summed E-state index contributed by atoms with van der Waals surface area (Å²) in [5.74, 6) is 1.04. The molecule has 0 fully saturated rings. The fourth-order valence-corrected chi connectivity index (χ4v) is 2.34. The topological polar surface area (TPSA) is 48.0 Å². The maximum absolute atomic E-state index is 11.9. The third kappa shape index (κ3) is 2.90. The predicted octanol–water partition coefficient (Wildman–Crippen LogP) is 2.83. The Morgan fingerprint density at radius 3 is 2.89 bits per heavy atom. The summed E-state index contributed by atoms with van der Waals surface area (Å²) in [5, 5.41) is 4.27. The lowest BCUT2D eigenvalue weighted by atomic mass is 10.1. The average molecular weight is 311 g/mol. The van der Waals surface area contributed by atoms with Crippen molar-refractivity contribution in [2.45, 2.75) is 26.2 Å². The predicted molar refractivity (Wildman–Crippen MR) is 71.4 cm³/mol. The van der Waals surface area contributed by atoms with E-state index < -0.39 is 0 Å². The molecule has 18 heavy (non-hydrogen) atoms.